The number of piperidine rings is 1. The summed E-state index contributed by atoms with van der Waals surface area (Å²) in [6.07, 6.45) is 4.83. The number of ether oxygens (including phenoxy) is 1. The Bertz CT molecular complexity index is 1300. The minimum atomic E-state index is -3.57. The first kappa shape index (κ1) is 27.2. The number of methoxy groups -OCH3 is 1. The number of furan rings is 1. The normalized spacial score (nSPS) is 19.8. The van der Waals surface area contributed by atoms with Gasteiger partial charge in [-0.1, -0.05) is 19.3 Å². The molecule has 2 heterocycles. The van der Waals surface area contributed by atoms with E-state index in [-0.39, 0.29) is 28.9 Å². The predicted molar refractivity (Wildman–Crippen MR) is 140 cm³/mol. The fourth-order valence-corrected chi connectivity index (χ4v) is 6.15. The molecule has 1 aliphatic heterocycles. The Kier molecular flexibility index (Phi) is 7.98. The highest BCUT2D eigenvalue weighted by molar-refractivity contribution is 9.10. The topological polar surface area (TPSA) is 135 Å². The van der Waals surface area contributed by atoms with Crippen LogP contribution in [0.2, 0.25) is 0 Å². The number of benzene rings is 1. The van der Waals surface area contributed by atoms with Gasteiger partial charge in [0.05, 0.1) is 30.3 Å². The van der Waals surface area contributed by atoms with Gasteiger partial charge in [-0.15, -0.1) is 0 Å². The van der Waals surface area contributed by atoms with Crippen LogP contribution in [0.5, 0.6) is 5.75 Å². The van der Waals surface area contributed by atoms with Crippen LogP contribution in [-0.4, -0.2) is 64.1 Å². The maximum Gasteiger partial charge on any atom is 0.287 e. The second kappa shape index (κ2) is 10.9. The molecule has 2 aliphatic rings. The molecule has 1 saturated heterocycles. The monoisotopic (exact) mass is 595 g/mol. The van der Waals surface area contributed by atoms with Crippen molar-refractivity contribution in [2.45, 2.75) is 55.0 Å². The smallest absolute Gasteiger partial charge is 0.287 e. The van der Waals surface area contributed by atoms with Crippen LogP contribution >= 0.6 is 15.9 Å². The fourth-order valence-electron chi connectivity index (χ4n) is 4.94. The summed E-state index contributed by atoms with van der Waals surface area (Å²) in [5, 5.41) is 5.74. The number of nitrogens with zero attached hydrogens (tertiary/aromatic N) is 1. The first-order valence-corrected chi connectivity index (χ1v) is 14.8. The van der Waals surface area contributed by atoms with Gasteiger partial charge in [-0.2, -0.15) is 0 Å². The number of Topliss-reactive ketones (excluding diaryl/α,β-unsaturated/α-hetero) is 1. The number of halogens is 1. The number of amides is 2. The van der Waals surface area contributed by atoms with Crippen molar-refractivity contribution in [1.82, 2.24) is 10.6 Å². The molecule has 2 amide bonds. The minimum absolute atomic E-state index is 0.0560. The Hall–Kier alpha value is -2.86. The van der Waals surface area contributed by atoms with Crippen molar-refractivity contribution < 1.29 is 32.0 Å². The van der Waals surface area contributed by atoms with E-state index in [0.717, 1.165) is 25.5 Å². The molecule has 1 aliphatic carbocycles. The molecule has 2 aromatic rings. The first-order valence-electron chi connectivity index (χ1n) is 12.1. The average Bonchev–Trinajstić information content (AvgIpc) is 3.31. The van der Waals surface area contributed by atoms with Crippen LogP contribution < -0.4 is 20.3 Å². The lowest BCUT2D eigenvalue weighted by molar-refractivity contribution is -0.133. The van der Waals surface area contributed by atoms with E-state index < -0.39 is 27.3 Å². The Morgan fingerprint density at radius 1 is 1.16 bits per heavy atom. The van der Waals surface area contributed by atoms with Gasteiger partial charge < -0.3 is 24.7 Å². The third-order valence-corrected chi connectivity index (χ3v) is 8.48. The van der Waals surface area contributed by atoms with E-state index in [2.05, 4.69) is 26.6 Å². The lowest BCUT2D eigenvalue weighted by Crippen LogP contribution is -2.63. The maximum atomic E-state index is 13.5. The van der Waals surface area contributed by atoms with Crippen LogP contribution in [0.1, 0.15) is 49.1 Å². The predicted octanol–water partition coefficient (Wildman–Crippen LogP) is 2.85. The van der Waals surface area contributed by atoms with Crippen molar-refractivity contribution in [3.63, 3.8) is 0 Å². The second-order valence-corrected chi connectivity index (χ2v) is 12.3. The molecule has 2 N–H and O–H groups in total. The van der Waals surface area contributed by atoms with Crippen molar-refractivity contribution in [2.24, 2.45) is 0 Å². The molecule has 1 atom stereocenters. The summed E-state index contributed by atoms with van der Waals surface area (Å²) in [5.74, 6) is -0.618. The summed E-state index contributed by atoms with van der Waals surface area (Å²) < 4.78 is 35.7. The Morgan fingerprint density at radius 3 is 2.49 bits per heavy atom. The van der Waals surface area contributed by atoms with E-state index in [1.165, 1.54) is 19.2 Å². The quantitative estimate of drug-likeness (QED) is 0.499. The van der Waals surface area contributed by atoms with E-state index in [4.69, 9.17) is 9.15 Å². The van der Waals surface area contributed by atoms with E-state index in [1.807, 2.05) is 0 Å². The molecule has 37 heavy (non-hydrogen) atoms. The van der Waals surface area contributed by atoms with Crippen LogP contribution in [0.3, 0.4) is 0 Å². The van der Waals surface area contributed by atoms with Gasteiger partial charge in [0.15, 0.2) is 26.1 Å². The molecule has 2 fully saturated rings. The molecule has 12 heteroatoms. The number of ketones is 1. The number of nitrogens with one attached hydrogen (secondary N) is 2. The molecule has 1 unspecified atom stereocenters. The van der Waals surface area contributed by atoms with Crippen LogP contribution in [0.4, 0.5) is 5.69 Å². The molecule has 4 rings (SSSR count). The Labute approximate surface area is 224 Å². The van der Waals surface area contributed by atoms with Gasteiger partial charge in [0.1, 0.15) is 11.3 Å². The van der Waals surface area contributed by atoms with Gasteiger partial charge in [-0.25, -0.2) is 8.42 Å². The number of rotatable bonds is 7. The molecule has 200 valence electrons. The van der Waals surface area contributed by atoms with E-state index >= 15 is 0 Å². The average molecular weight is 597 g/mol. The molecular weight excluding hydrogens is 566 g/mol. The van der Waals surface area contributed by atoms with Crippen molar-refractivity contribution in [1.29, 1.82) is 0 Å². The number of hydrogen-bond donors (Lipinski definition) is 2. The molecule has 0 radical (unpaired) electrons. The van der Waals surface area contributed by atoms with E-state index in [0.29, 0.717) is 41.9 Å². The zero-order chi connectivity index (χ0) is 26.8. The van der Waals surface area contributed by atoms with Crippen molar-refractivity contribution in [2.75, 3.05) is 31.4 Å². The molecule has 1 aromatic heterocycles. The second-order valence-electron chi connectivity index (χ2n) is 9.51. The Balaban J connectivity index is 1.47. The lowest BCUT2D eigenvalue weighted by atomic mass is 9.80. The standard InChI is InChI=1S/C25H30BrN3O7S/c1-35-16-6-7-18(21(14-16)37(2,33)34)29-13-10-17(19(30)15-29)27-24(32)25(11-4-3-5-12-25)28-23(31)20-8-9-22(26)36-20/h6-9,14,17H,3-5,10-13,15H2,1-2H3,(H,27,32)(H,28,31). The van der Waals surface area contributed by atoms with Crippen LogP contribution in [0.25, 0.3) is 0 Å². The third kappa shape index (κ3) is 6.01. The highest BCUT2D eigenvalue weighted by Crippen LogP contribution is 2.32. The SMILES string of the molecule is COc1ccc(N2CCC(NC(=O)C3(NC(=O)c4ccc(Br)o4)CCCCC3)C(=O)C2)c(S(C)(=O)=O)c1. The lowest BCUT2D eigenvalue weighted by Gasteiger charge is -2.39. The Morgan fingerprint density at radius 2 is 1.89 bits per heavy atom. The minimum Gasteiger partial charge on any atom is -0.497 e. The van der Waals surface area contributed by atoms with Crippen LogP contribution in [-0.2, 0) is 19.4 Å². The summed E-state index contributed by atoms with van der Waals surface area (Å²) >= 11 is 3.18. The van der Waals surface area contributed by atoms with Crippen molar-refractivity contribution in [3.05, 3.63) is 40.8 Å². The van der Waals surface area contributed by atoms with Gasteiger partial charge in [-0.3, -0.25) is 14.4 Å². The molecule has 10 nitrogen and oxygen atoms in total. The zero-order valence-electron chi connectivity index (χ0n) is 20.7. The molecular formula is C25H30BrN3O7S. The third-order valence-electron chi connectivity index (χ3n) is 6.93. The fraction of sp³-hybridized carbons (Fsp3) is 0.480. The van der Waals surface area contributed by atoms with Gasteiger partial charge in [0.2, 0.25) is 5.91 Å². The zero-order valence-corrected chi connectivity index (χ0v) is 23.1. The number of carbonyl (C=O) groups excluding carboxylic acids is 3. The maximum absolute atomic E-state index is 13.5. The van der Waals surface area contributed by atoms with E-state index in [1.54, 1.807) is 23.1 Å². The number of hydrogen-bond acceptors (Lipinski definition) is 8. The van der Waals surface area contributed by atoms with Crippen LogP contribution in [0, 0.1) is 0 Å². The van der Waals surface area contributed by atoms with Gasteiger partial charge in [0.25, 0.3) is 5.91 Å². The van der Waals surface area contributed by atoms with E-state index in [9.17, 15) is 22.8 Å². The largest absolute Gasteiger partial charge is 0.497 e. The van der Waals surface area contributed by atoms with Crippen LogP contribution in [0.15, 0.2) is 44.3 Å². The van der Waals surface area contributed by atoms with Crippen molar-refractivity contribution >= 4 is 49.1 Å². The summed E-state index contributed by atoms with van der Waals surface area (Å²) in [6, 6.07) is 7.10. The number of sulfone groups is 1. The number of carbonyl (C=O) groups is 3. The van der Waals surface area contributed by atoms with Crippen molar-refractivity contribution in [3.8, 4) is 5.75 Å². The molecule has 0 bridgehead atoms. The molecule has 1 saturated carbocycles. The van der Waals surface area contributed by atoms with Gasteiger partial charge >= 0.3 is 0 Å². The van der Waals surface area contributed by atoms with Gasteiger partial charge in [-0.05, 0) is 59.5 Å². The first-order chi connectivity index (χ1) is 17.5. The summed E-state index contributed by atoms with van der Waals surface area (Å²) in [5.41, 5.74) is -0.715. The highest BCUT2D eigenvalue weighted by Gasteiger charge is 2.43. The van der Waals surface area contributed by atoms with Gasteiger partial charge in [0, 0.05) is 18.9 Å². The molecule has 0 spiro atoms. The number of anilines is 1. The summed E-state index contributed by atoms with van der Waals surface area (Å²) in [4.78, 5) is 41.2. The molecule has 1 aromatic carbocycles. The highest BCUT2D eigenvalue weighted by atomic mass is 79.9. The summed E-state index contributed by atoms with van der Waals surface area (Å²) in [7, 11) is -2.12. The summed E-state index contributed by atoms with van der Waals surface area (Å²) in [6.45, 7) is 0.310.